The highest BCUT2D eigenvalue weighted by atomic mass is 16.3. The second kappa shape index (κ2) is 5.31. The molecule has 2 heteroatoms. The Morgan fingerprint density at radius 3 is 2.53 bits per heavy atom. The van der Waals surface area contributed by atoms with Gasteiger partial charge in [0.25, 0.3) is 0 Å². The third-order valence-electron chi connectivity index (χ3n) is 3.59. The molecule has 90 valence electrons. The number of hydrogen-bond donors (Lipinski definition) is 1. The van der Waals surface area contributed by atoms with Gasteiger partial charge in [-0.1, -0.05) is 26.2 Å². The van der Waals surface area contributed by atoms with E-state index in [1.807, 2.05) is 13.8 Å². The van der Waals surface area contributed by atoms with Crippen LogP contribution in [-0.2, 0) is 0 Å². The molecule has 1 saturated carbocycles. The maximum absolute atomic E-state index is 9.80. The van der Waals surface area contributed by atoms with Crippen LogP contribution in [0, 0.1) is 5.92 Å². The maximum atomic E-state index is 9.80. The second-order valence-electron chi connectivity index (χ2n) is 5.82. The Hall–Kier alpha value is -0.0800. The van der Waals surface area contributed by atoms with E-state index >= 15 is 0 Å². The third-order valence-corrected chi connectivity index (χ3v) is 3.59. The lowest BCUT2D eigenvalue weighted by molar-refractivity contribution is 0.0207. The molecule has 0 heterocycles. The summed E-state index contributed by atoms with van der Waals surface area (Å²) in [5.41, 5.74) is -0.562. The van der Waals surface area contributed by atoms with Crippen molar-refractivity contribution in [3.63, 3.8) is 0 Å². The average molecular weight is 213 g/mol. The molecule has 2 atom stereocenters. The summed E-state index contributed by atoms with van der Waals surface area (Å²) in [6.07, 6.45) is 6.71. The van der Waals surface area contributed by atoms with Crippen molar-refractivity contribution in [2.45, 2.75) is 64.5 Å². The van der Waals surface area contributed by atoms with Crippen LogP contribution < -0.4 is 0 Å². The van der Waals surface area contributed by atoms with Crippen LogP contribution in [0.4, 0.5) is 0 Å². The number of likely N-dealkylation sites (N-methyl/N-ethyl adjacent to an activating group) is 1. The molecule has 0 saturated heterocycles. The van der Waals surface area contributed by atoms with Crippen molar-refractivity contribution in [3.05, 3.63) is 0 Å². The Balaban J connectivity index is 2.41. The third kappa shape index (κ3) is 4.52. The fourth-order valence-corrected chi connectivity index (χ4v) is 2.77. The van der Waals surface area contributed by atoms with Crippen LogP contribution in [0.15, 0.2) is 0 Å². The van der Waals surface area contributed by atoms with Crippen LogP contribution in [0.25, 0.3) is 0 Å². The lowest BCUT2D eigenvalue weighted by atomic mass is 9.83. The smallest absolute Gasteiger partial charge is 0.0718 e. The maximum Gasteiger partial charge on any atom is 0.0718 e. The number of hydrogen-bond acceptors (Lipinski definition) is 2. The van der Waals surface area contributed by atoms with Gasteiger partial charge >= 0.3 is 0 Å². The van der Waals surface area contributed by atoms with Crippen molar-refractivity contribution >= 4 is 0 Å². The summed E-state index contributed by atoms with van der Waals surface area (Å²) < 4.78 is 0. The van der Waals surface area contributed by atoms with Crippen LogP contribution in [0.2, 0.25) is 0 Å². The lowest BCUT2D eigenvalue weighted by Crippen LogP contribution is -2.43. The molecule has 1 aliphatic rings. The molecule has 1 aliphatic carbocycles. The van der Waals surface area contributed by atoms with Crippen LogP contribution in [0.1, 0.15) is 52.9 Å². The zero-order valence-electron chi connectivity index (χ0n) is 10.8. The van der Waals surface area contributed by atoms with E-state index in [1.54, 1.807) is 0 Å². The summed E-state index contributed by atoms with van der Waals surface area (Å²) >= 11 is 0. The first-order valence-corrected chi connectivity index (χ1v) is 6.35. The van der Waals surface area contributed by atoms with E-state index in [0.29, 0.717) is 6.04 Å². The topological polar surface area (TPSA) is 23.5 Å². The second-order valence-corrected chi connectivity index (χ2v) is 5.82. The minimum Gasteiger partial charge on any atom is -0.389 e. The fraction of sp³-hybridized carbons (Fsp3) is 1.00. The first-order valence-electron chi connectivity index (χ1n) is 6.35. The van der Waals surface area contributed by atoms with Crippen LogP contribution >= 0.6 is 0 Å². The van der Waals surface area contributed by atoms with E-state index in [9.17, 15) is 5.11 Å². The first-order chi connectivity index (χ1) is 6.92. The van der Waals surface area contributed by atoms with Gasteiger partial charge in [0.2, 0.25) is 0 Å². The minimum atomic E-state index is -0.562. The summed E-state index contributed by atoms with van der Waals surface area (Å²) in [6.45, 7) is 6.87. The molecular formula is C13H27NO. The Bertz CT molecular complexity index is 185. The molecule has 0 radical (unpaired) electrons. The molecule has 15 heavy (non-hydrogen) atoms. The molecule has 0 bridgehead atoms. The standard InChI is InChI=1S/C13H27NO/c1-5-11-7-6-8-12(9-11)14(4)10-13(2,3)15/h11-12,15H,5-10H2,1-4H3. The van der Waals surface area contributed by atoms with Gasteiger partial charge in [-0.15, -0.1) is 0 Å². The number of aliphatic hydroxyl groups is 1. The van der Waals surface area contributed by atoms with Gasteiger partial charge in [0.1, 0.15) is 0 Å². The normalized spacial score (nSPS) is 28.4. The van der Waals surface area contributed by atoms with E-state index < -0.39 is 5.60 Å². The molecular weight excluding hydrogens is 186 g/mol. The quantitative estimate of drug-likeness (QED) is 0.776. The zero-order chi connectivity index (χ0) is 11.5. The molecule has 2 unspecified atom stereocenters. The molecule has 0 spiro atoms. The van der Waals surface area contributed by atoms with E-state index in [1.165, 1.54) is 32.1 Å². The molecule has 0 amide bonds. The van der Waals surface area contributed by atoms with Gasteiger partial charge in [0.15, 0.2) is 0 Å². The monoisotopic (exact) mass is 213 g/mol. The van der Waals surface area contributed by atoms with Gasteiger partial charge in [-0.25, -0.2) is 0 Å². The van der Waals surface area contributed by atoms with Gasteiger partial charge in [0.05, 0.1) is 5.60 Å². The Morgan fingerprint density at radius 2 is 2.00 bits per heavy atom. The highest BCUT2D eigenvalue weighted by Crippen LogP contribution is 2.29. The number of nitrogens with zero attached hydrogens (tertiary/aromatic N) is 1. The zero-order valence-corrected chi connectivity index (χ0v) is 10.8. The first kappa shape index (κ1) is 13.0. The van der Waals surface area contributed by atoms with E-state index in [4.69, 9.17) is 0 Å². The average Bonchev–Trinajstić information content (AvgIpc) is 2.15. The lowest BCUT2D eigenvalue weighted by Gasteiger charge is -2.37. The number of rotatable bonds is 4. The Kier molecular flexibility index (Phi) is 4.60. The van der Waals surface area contributed by atoms with Gasteiger partial charge in [0, 0.05) is 12.6 Å². The molecule has 1 rings (SSSR count). The predicted molar refractivity (Wildman–Crippen MR) is 65.0 cm³/mol. The van der Waals surface area contributed by atoms with Crippen LogP contribution in [-0.4, -0.2) is 35.2 Å². The molecule has 0 aliphatic heterocycles. The van der Waals surface area contributed by atoms with E-state index in [2.05, 4.69) is 18.9 Å². The highest BCUT2D eigenvalue weighted by Gasteiger charge is 2.26. The largest absolute Gasteiger partial charge is 0.389 e. The molecule has 1 N–H and O–H groups in total. The summed E-state index contributed by atoms with van der Waals surface area (Å²) in [5, 5.41) is 9.80. The molecule has 0 aromatic carbocycles. The van der Waals surface area contributed by atoms with Crippen molar-refractivity contribution in [2.24, 2.45) is 5.92 Å². The summed E-state index contributed by atoms with van der Waals surface area (Å²) in [6, 6.07) is 0.690. The highest BCUT2D eigenvalue weighted by molar-refractivity contribution is 4.81. The van der Waals surface area contributed by atoms with Gasteiger partial charge in [-0.2, -0.15) is 0 Å². The molecule has 0 aromatic rings. The molecule has 1 fully saturated rings. The van der Waals surface area contributed by atoms with Crippen LogP contribution in [0.5, 0.6) is 0 Å². The Labute approximate surface area is 94.7 Å². The van der Waals surface area contributed by atoms with E-state index in [0.717, 1.165) is 12.5 Å². The van der Waals surface area contributed by atoms with Crippen molar-refractivity contribution in [1.82, 2.24) is 4.90 Å². The molecule has 2 nitrogen and oxygen atoms in total. The minimum absolute atomic E-state index is 0.562. The fourth-order valence-electron chi connectivity index (χ4n) is 2.77. The van der Waals surface area contributed by atoms with Gasteiger partial charge in [-0.05, 0) is 39.7 Å². The van der Waals surface area contributed by atoms with Crippen molar-refractivity contribution < 1.29 is 5.11 Å². The van der Waals surface area contributed by atoms with E-state index in [-0.39, 0.29) is 0 Å². The van der Waals surface area contributed by atoms with Crippen molar-refractivity contribution in [1.29, 1.82) is 0 Å². The molecule has 0 aromatic heterocycles. The van der Waals surface area contributed by atoms with Gasteiger partial charge < -0.3 is 10.0 Å². The van der Waals surface area contributed by atoms with Crippen LogP contribution in [0.3, 0.4) is 0 Å². The van der Waals surface area contributed by atoms with Crippen molar-refractivity contribution in [3.8, 4) is 0 Å². The van der Waals surface area contributed by atoms with Crippen molar-refractivity contribution in [2.75, 3.05) is 13.6 Å². The Morgan fingerprint density at radius 1 is 1.33 bits per heavy atom. The summed E-state index contributed by atoms with van der Waals surface area (Å²) in [7, 11) is 2.15. The predicted octanol–water partition coefficient (Wildman–Crippen LogP) is 2.66. The van der Waals surface area contributed by atoms with Gasteiger partial charge in [-0.3, -0.25) is 0 Å². The SMILES string of the molecule is CCC1CCCC(N(C)CC(C)(C)O)C1. The summed E-state index contributed by atoms with van der Waals surface area (Å²) in [4.78, 5) is 2.35. The summed E-state index contributed by atoms with van der Waals surface area (Å²) in [5.74, 6) is 0.910.